The molecular formula is C32H22CoN6Na2O8S2. The van der Waals surface area contributed by atoms with Gasteiger partial charge in [-0.1, -0.05) is 96.1 Å². The van der Waals surface area contributed by atoms with E-state index >= 15 is 0 Å². The number of fused-ring (bicyclic) bond motifs is 2. The molecule has 0 amide bonds. The molecular weight excluding hydrogens is 765 g/mol. The van der Waals surface area contributed by atoms with Gasteiger partial charge in [-0.15, -0.1) is 5.11 Å². The van der Waals surface area contributed by atoms with Crippen molar-refractivity contribution in [3.8, 4) is 23.0 Å². The van der Waals surface area contributed by atoms with E-state index in [1.807, 2.05) is 18.2 Å². The van der Waals surface area contributed by atoms with E-state index in [2.05, 4.69) is 20.5 Å². The summed E-state index contributed by atoms with van der Waals surface area (Å²) in [4.78, 5) is -0.602. The first kappa shape index (κ1) is 43.7. The van der Waals surface area contributed by atoms with E-state index in [1.165, 1.54) is 12.1 Å². The first-order chi connectivity index (χ1) is 22.7. The Kier molecular flexibility index (Phi) is 15.7. The molecule has 0 aliphatic rings. The Bertz CT molecular complexity index is 2320. The van der Waals surface area contributed by atoms with Crippen molar-refractivity contribution in [3.05, 3.63) is 109 Å². The number of nitrogens with two attached hydrogens (primary N) is 1. The molecule has 0 spiro atoms. The van der Waals surface area contributed by atoms with E-state index in [-0.39, 0.29) is 120 Å². The summed E-state index contributed by atoms with van der Waals surface area (Å²) in [5.41, 5.74) is -0.190. The van der Waals surface area contributed by atoms with Crippen molar-refractivity contribution >= 4 is 64.3 Å². The molecule has 0 bridgehead atoms. The van der Waals surface area contributed by atoms with Crippen molar-refractivity contribution in [2.45, 2.75) is 9.79 Å². The zero-order chi connectivity index (χ0) is 34.6. The third-order valence-electron chi connectivity index (χ3n) is 6.76. The van der Waals surface area contributed by atoms with Crippen LogP contribution in [-0.4, -0.2) is 22.3 Å². The fourth-order valence-electron chi connectivity index (χ4n) is 4.39. The van der Waals surface area contributed by atoms with Crippen molar-refractivity contribution in [2.75, 3.05) is 0 Å². The van der Waals surface area contributed by atoms with E-state index in [0.717, 1.165) is 47.2 Å². The first-order valence-corrected chi connectivity index (χ1v) is 16.6. The average Bonchev–Trinajstić information content (AvgIpc) is 3.04. The summed E-state index contributed by atoms with van der Waals surface area (Å²) >= 11 is 0. The van der Waals surface area contributed by atoms with Gasteiger partial charge in [-0.25, -0.2) is 13.6 Å². The molecule has 1 atom stereocenters. The van der Waals surface area contributed by atoms with Crippen molar-refractivity contribution in [3.63, 3.8) is 0 Å². The van der Waals surface area contributed by atoms with Crippen LogP contribution >= 0.6 is 0 Å². The minimum Gasteiger partial charge on any atom is -0.871 e. The molecule has 6 aromatic carbocycles. The summed E-state index contributed by atoms with van der Waals surface area (Å²) < 4.78 is 52.2. The molecule has 6 aromatic rings. The van der Waals surface area contributed by atoms with Gasteiger partial charge in [0, 0.05) is 25.7 Å². The molecule has 1 unspecified atom stereocenters. The maximum Gasteiger partial charge on any atom is 2.00 e. The van der Waals surface area contributed by atoms with Gasteiger partial charge in [0.15, 0.2) is 0 Å². The Labute approximate surface area is 346 Å². The Morgan fingerprint density at radius 2 is 1.02 bits per heavy atom. The number of hydrogen-bond acceptors (Lipinski definition) is 13. The maximum atomic E-state index is 12.0. The average molecular weight is 788 g/mol. The minimum atomic E-state index is -4.22. The summed E-state index contributed by atoms with van der Waals surface area (Å²) in [5.74, 6) is -1.54. The zero-order valence-electron chi connectivity index (χ0n) is 26.7. The predicted molar refractivity (Wildman–Crippen MR) is 170 cm³/mol. The summed E-state index contributed by atoms with van der Waals surface area (Å²) in [6.07, 6.45) is 0. The summed E-state index contributed by atoms with van der Waals surface area (Å²) in [7, 11) is -8.18. The molecule has 251 valence electrons. The van der Waals surface area contributed by atoms with Gasteiger partial charge in [-0.05, 0) is 41.1 Å². The van der Waals surface area contributed by atoms with Crippen LogP contribution in [0.25, 0.3) is 21.5 Å². The van der Waals surface area contributed by atoms with Gasteiger partial charge >= 0.3 is 75.9 Å². The molecule has 14 nitrogen and oxygen atoms in total. The Hall–Kier alpha value is -3.43. The van der Waals surface area contributed by atoms with Crippen LogP contribution in [0.4, 0.5) is 22.7 Å². The normalized spacial score (nSPS) is 12.3. The summed E-state index contributed by atoms with van der Waals surface area (Å²) in [6.45, 7) is 0. The van der Waals surface area contributed by atoms with Gasteiger partial charge in [0.1, 0.15) is 11.4 Å². The number of nitrogens with one attached hydrogen (secondary N) is 1. The zero-order valence-corrected chi connectivity index (χ0v) is 33.4. The van der Waals surface area contributed by atoms with Crippen LogP contribution in [0, 0.1) is 4.78 Å². The van der Waals surface area contributed by atoms with Crippen LogP contribution < -0.4 is 79.6 Å². The minimum absolute atomic E-state index is 0. The number of sulfonamides is 1. The Balaban J connectivity index is 0.000000334. The van der Waals surface area contributed by atoms with Gasteiger partial charge in [-0.2, -0.15) is 15.3 Å². The van der Waals surface area contributed by atoms with E-state index in [9.17, 15) is 37.6 Å². The molecule has 0 saturated heterocycles. The molecule has 0 aliphatic heterocycles. The first-order valence-electron chi connectivity index (χ1n) is 13.6. The van der Waals surface area contributed by atoms with E-state index < -0.39 is 31.5 Å². The molecule has 0 heterocycles. The van der Waals surface area contributed by atoms with Crippen LogP contribution in [0.2, 0.25) is 0 Å². The Morgan fingerprint density at radius 3 is 1.55 bits per heavy atom. The fourth-order valence-corrected chi connectivity index (χ4v) is 5.44. The van der Waals surface area contributed by atoms with Crippen molar-refractivity contribution < 1.29 is 113 Å². The second-order valence-corrected chi connectivity index (χ2v) is 13.0. The quantitative estimate of drug-likeness (QED) is 0.148. The van der Waals surface area contributed by atoms with Crippen LogP contribution in [0.15, 0.2) is 139 Å². The summed E-state index contributed by atoms with van der Waals surface area (Å²) in [6, 6.07) is 26.7. The van der Waals surface area contributed by atoms with Gasteiger partial charge in [-0.3, -0.25) is 8.99 Å². The van der Waals surface area contributed by atoms with E-state index in [4.69, 9.17) is 9.92 Å². The van der Waals surface area contributed by atoms with Crippen molar-refractivity contribution in [1.29, 1.82) is 4.78 Å². The number of nitrogens with zero attached hydrogens (tertiary/aromatic N) is 4. The number of rotatable bonds is 6. The number of azo groups is 2. The Morgan fingerprint density at radius 1 is 0.588 bits per heavy atom. The van der Waals surface area contributed by atoms with Gasteiger partial charge in [0.2, 0.25) is 10.0 Å². The monoisotopic (exact) mass is 787 g/mol. The third-order valence-corrected chi connectivity index (χ3v) is 8.54. The summed E-state index contributed by atoms with van der Waals surface area (Å²) in [5, 5.41) is 68.8. The standard InChI is InChI=1S/2C16H13N3O4S.Co.2Na/c2*17-24(22,23)11-6-8-14(20)13(9-11)18-19-16-12-4-2-1-3-10(12)5-7-15(16)21;;;/h2*1-9,20-21H,(H2,17,22,23);;;/q;;+2;2*+1/p-4. The van der Waals surface area contributed by atoms with Gasteiger partial charge in [0.25, 0.3) is 0 Å². The largest absolute Gasteiger partial charge is 2.00 e. The molecule has 0 aromatic heterocycles. The predicted octanol–water partition coefficient (Wildman–Crippen LogP) is -0.374. The van der Waals surface area contributed by atoms with E-state index in [0.29, 0.717) is 10.8 Å². The van der Waals surface area contributed by atoms with Crippen molar-refractivity contribution in [2.24, 2.45) is 25.6 Å². The van der Waals surface area contributed by atoms with Gasteiger partial charge < -0.3 is 25.0 Å². The number of aromatic hydroxyl groups is 1. The second kappa shape index (κ2) is 18.4. The molecule has 4 N–H and O–H groups in total. The topological polar surface area (TPSA) is 263 Å². The van der Waals surface area contributed by atoms with Crippen LogP contribution in [0.3, 0.4) is 0 Å². The SMILES string of the molecule is N=S(=O)([O-])c1ccc([O-])c(N=Nc2c([O-])ccc3ccccc23)c1.NS(=O)(=O)c1ccc([O-])c(N=Nc2c(O)ccc3ccccc23)c1.[Co+2].[Na+].[Na+]. The van der Waals surface area contributed by atoms with Crippen LogP contribution in [0.5, 0.6) is 23.0 Å². The number of phenolic OH excluding ortho intramolecular Hbond substituents is 1. The third kappa shape index (κ3) is 10.8. The molecule has 0 aliphatic carbocycles. The number of phenols is 1. The molecule has 0 saturated carbocycles. The molecule has 1 radical (unpaired) electrons. The van der Waals surface area contributed by atoms with Crippen LogP contribution in [0.1, 0.15) is 0 Å². The van der Waals surface area contributed by atoms with E-state index in [1.54, 1.807) is 42.5 Å². The number of benzene rings is 6. The smallest absolute Gasteiger partial charge is 0.871 e. The fraction of sp³-hybridized carbons (Fsp3) is 0. The molecule has 0 fully saturated rings. The second-order valence-electron chi connectivity index (χ2n) is 10.00. The van der Waals surface area contributed by atoms with Gasteiger partial charge in [0.05, 0.1) is 22.0 Å². The van der Waals surface area contributed by atoms with Crippen LogP contribution in [-0.2, 0) is 36.8 Å². The number of primary sulfonamides is 1. The molecule has 19 heteroatoms. The molecule has 6 rings (SSSR count). The molecule has 51 heavy (non-hydrogen) atoms. The van der Waals surface area contributed by atoms with Crippen molar-refractivity contribution in [1.82, 2.24) is 0 Å². The maximum absolute atomic E-state index is 12.0. The number of hydrogen-bond donors (Lipinski definition) is 3.